The molecule has 109 heavy (non-hydrogen) atoms. The molecule has 0 saturated carbocycles. The van der Waals surface area contributed by atoms with E-state index in [1.54, 1.807) is 0 Å². The van der Waals surface area contributed by atoms with Gasteiger partial charge in [0, 0.05) is 58.6 Å². The molecule has 3 fully saturated rings. The summed E-state index contributed by atoms with van der Waals surface area (Å²) in [5.41, 5.74) is 18.9. The van der Waals surface area contributed by atoms with Crippen molar-refractivity contribution in [3.63, 3.8) is 0 Å². The van der Waals surface area contributed by atoms with E-state index in [4.69, 9.17) is 47.9 Å². The van der Waals surface area contributed by atoms with Crippen molar-refractivity contribution in [1.82, 2.24) is 19.9 Å². The number of rotatable bonds is 9. The van der Waals surface area contributed by atoms with Crippen LogP contribution in [0.3, 0.4) is 0 Å². The van der Waals surface area contributed by atoms with Crippen LogP contribution in [-0.4, -0.2) is 74.9 Å². The summed E-state index contributed by atoms with van der Waals surface area (Å²) >= 11 is 1.81. The molecule has 0 amide bonds. The van der Waals surface area contributed by atoms with Gasteiger partial charge >= 0.3 is 21.4 Å². The van der Waals surface area contributed by atoms with Gasteiger partial charge in [-0.1, -0.05) is 250 Å². The van der Waals surface area contributed by atoms with E-state index in [1.165, 1.54) is 64.7 Å². The summed E-state index contributed by atoms with van der Waals surface area (Å²) in [5, 5.41) is 6.92. The number of aromatic nitrogens is 4. The minimum Gasteiger partial charge on any atom is -0.399 e. The molecule has 3 aromatic heterocycles. The summed E-state index contributed by atoms with van der Waals surface area (Å²) in [6.45, 7) is 29.6. The summed E-state index contributed by atoms with van der Waals surface area (Å²) in [5.74, 6) is 1.47. The van der Waals surface area contributed by atoms with Gasteiger partial charge in [0.15, 0.2) is 11.6 Å². The maximum Gasteiger partial charge on any atom is 0.494 e. The second-order valence-electron chi connectivity index (χ2n) is 32.8. The zero-order valence-electron chi connectivity index (χ0n) is 64.4. The lowest BCUT2D eigenvalue weighted by Crippen LogP contribution is -2.41. The third-order valence-corrected chi connectivity index (χ3v) is 25.0. The number of nitrogens with zero attached hydrogens (tertiary/aromatic N) is 4. The minimum absolute atomic E-state index is 0.0290. The highest BCUT2D eigenvalue weighted by atomic mass is 32.1. The molecule has 0 N–H and O–H groups in total. The topological polar surface area (TPSA) is 107 Å². The van der Waals surface area contributed by atoms with Gasteiger partial charge in [-0.2, -0.15) is 0 Å². The van der Waals surface area contributed by atoms with Gasteiger partial charge in [0.05, 0.1) is 56.0 Å². The highest BCUT2D eigenvalue weighted by Gasteiger charge is 2.54. The van der Waals surface area contributed by atoms with Crippen molar-refractivity contribution in [1.29, 1.82) is 0 Å². The van der Waals surface area contributed by atoms with E-state index in [2.05, 4.69) is 346 Å². The summed E-state index contributed by atoms with van der Waals surface area (Å²) in [6, 6.07) is 96.0. The Labute approximate surface area is 644 Å². The van der Waals surface area contributed by atoms with Gasteiger partial charge in [-0.3, -0.25) is 0 Å². The van der Waals surface area contributed by atoms with Gasteiger partial charge in [0.1, 0.15) is 0 Å². The lowest BCUT2D eigenvalue weighted by Gasteiger charge is -2.32. The molecule has 0 spiro atoms. The largest absolute Gasteiger partial charge is 0.494 e. The van der Waals surface area contributed by atoms with Crippen LogP contribution >= 0.6 is 11.3 Å². The molecule has 19 rings (SSSR count). The lowest BCUT2D eigenvalue weighted by molar-refractivity contribution is 0.00578. The zero-order valence-corrected chi connectivity index (χ0v) is 65.2. The van der Waals surface area contributed by atoms with Gasteiger partial charge in [-0.25, -0.2) is 19.9 Å². The van der Waals surface area contributed by atoms with Crippen molar-refractivity contribution in [3.8, 4) is 78.7 Å². The van der Waals surface area contributed by atoms with Crippen molar-refractivity contribution >= 4 is 102 Å². The number of thiophene rings is 1. The smallest absolute Gasteiger partial charge is 0.399 e. The first kappa shape index (κ1) is 71.7. The molecule has 0 radical (unpaired) electrons. The fourth-order valence-corrected chi connectivity index (χ4v) is 16.3. The Morgan fingerprint density at radius 1 is 0.257 bits per heavy atom. The number of fused-ring (bicyclic) bond motifs is 9. The second-order valence-corrected chi connectivity index (χ2v) is 33.9. The molecule has 6 heterocycles. The predicted molar refractivity (Wildman–Crippen MR) is 453 cm³/mol. The number of hydrogen-bond acceptors (Lipinski definition) is 11. The van der Waals surface area contributed by atoms with Crippen LogP contribution in [0.5, 0.6) is 0 Å². The van der Waals surface area contributed by atoms with E-state index < -0.39 is 7.12 Å². The molecular weight excluding hydrogens is 1360 g/mol. The first-order chi connectivity index (χ1) is 52.2. The quantitative estimate of drug-likeness (QED) is 0.130. The molecule has 3 saturated heterocycles. The van der Waals surface area contributed by atoms with Gasteiger partial charge < -0.3 is 27.9 Å². The van der Waals surface area contributed by atoms with Crippen LogP contribution in [0.2, 0.25) is 0 Å². The average Bonchev–Trinajstić information content (AvgIpc) is 1.24. The Balaban J connectivity index is 0.000000122. The standard InChI is InChI=1S/C36H29BN2O2S.C35H33BN2O2.C24H25BO2/c1-35(2)36(3,4)41-37(40-35)26-17-15-22-19-24(14-13-23(22)20-26)33-29-10-5-7-11-30(29)38-34(39-33)25-16-18-28-27-9-6-8-12-31(27)42-32(28)21-25;1-33(2)28-13-9-7-11-25(28)27-21-23(17-20-29(27)33)32-37-30-14-10-8-12-26(30)31(38-32)22-15-18-24(19-16-22)36-39-34(3,4)35(5,6)40-36;1-23(2)24(3,4)27-25(26-23)22-16-14-21(15-17-22)20-12-10-19(11-13-20)18-8-6-5-7-9-18/h5-21H,1-4H3;7-21H,1-6H3;5-17H,1-4H3. The van der Waals surface area contributed by atoms with E-state index in [1.807, 2.05) is 35.6 Å². The van der Waals surface area contributed by atoms with E-state index in [0.29, 0.717) is 0 Å². The van der Waals surface area contributed by atoms with Gasteiger partial charge in [0.2, 0.25) is 0 Å². The van der Waals surface area contributed by atoms with Crippen molar-refractivity contribution in [2.24, 2.45) is 0 Å². The molecule has 0 bridgehead atoms. The highest BCUT2D eigenvalue weighted by molar-refractivity contribution is 7.25. The Bertz CT molecular complexity index is 5970. The fourth-order valence-electron chi connectivity index (χ4n) is 15.2. The van der Waals surface area contributed by atoms with Crippen LogP contribution in [-0.2, 0) is 33.3 Å². The van der Waals surface area contributed by atoms with Crippen LogP contribution in [0.1, 0.15) is 108 Å². The predicted octanol–water partition coefficient (Wildman–Crippen LogP) is 21.7. The fraction of sp³-hybridized carbons (Fsp3) is 0.221. The van der Waals surface area contributed by atoms with Crippen LogP contribution in [0.4, 0.5) is 0 Å². The maximum atomic E-state index is 6.30. The molecular formula is C95H87B3N4O6S. The molecule has 15 aromatic rings. The van der Waals surface area contributed by atoms with Crippen molar-refractivity contribution in [2.45, 2.75) is 136 Å². The molecule has 538 valence electrons. The molecule has 0 atom stereocenters. The van der Waals surface area contributed by atoms with Gasteiger partial charge in [-0.15, -0.1) is 11.3 Å². The molecule has 1 aliphatic carbocycles. The maximum absolute atomic E-state index is 6.30. The summed E-state index contributed by atoms with van der Waals surface area (Å²) < 4.78 is 40.0. The number of para-hydroxylation sites is 2. The van der Waals surface area contributed by atoms with Gasteiger partial charge in [0.25, 0.3) is 0 Å². The van der Waals surface area contributed by atoms with Crippen molar-refractivity contribution in [2.75, 3.05) is 0 Å². The normalized spacial score (nSPS) is 17.3. The first-order valence-corrected chi connectivity index (χ1v) is 38.7. The van der Waals surface area contributed by atoms with E-state index in [9.17, 15) is 0 Å². The van der Waals surface area contributed by atoms with Crippen LogP contribution in [0.25, 0.3) is 131 Å². The second kappa shape index (κ2) is 27.1. The van der Waals surface area contributed by atoms with Crippen LogP contribution in [0, 0.1) is 0 Å². The summed E-state index contributed by atoms with van der Waals surface area (Å²) in [6.07, 6.45) is 0. The molecule has 10 nitrogen and oxygen atoms in total. The molecule has 14 heteroatoms. The molecule has 4 aliphatic rings. The average molecular weight is 1450 g/mol. The highest BCUT2D eigenvalue weighted by Crippen LogP contribution is 2.50. The molecule has 0 unspecified atom stereocenters. The van der Waals surface area contributed by atoms with E-state index >= 15 is 0 Å². The SMILES string of the molecule is CC1(C)OB(c2ccc(-c3ccc(-c4ccccc4)cc3)cc2)OC1(C)C.CC1(C)OB(c2ccc3cc(-c4nc(-c5ccc6c(c5)sc5ccccc56)nc5ccccc45)ccc3c2)OC1(C)C.CC1(C)c2ccccc2-c2cc(-c3nc(-c4ccc(B5OC(C)(C)C(C)(C)O5)cc4)c4ccccc4n3)ccc21. The Kier molecular flexibility index (Phi) is 17.8. The summed E-state index contributed by atoms with van der Waals surface area (Å²) in [7, 11) is -1.09. The molecule has 3 aliphatic heterocycles. The molecule has 12 aromatic carbocycles. The van der Waals surface area contributed by atoms with E-state index in [-0.39, 0.29) is 53.3 Å². The Hall–Kier alpha value is -10.2. The van der Waals surface area contributed by atoms with E-state index in [0.717, 1.165) is 94.3 Å². The third kappa shape index (κ3) is 13.2. The van der Waals surface area contributed by atoms with Crippen LogP contribution in [0.15, 0.2) is 273 Å². The van der Waals surface area contributed by atoms with Gasteiger partial charge in [-0.05, 0) is 191 Å². The van der Waals surface area contributed by atoms with Crippen molar-refractivity contribution in [3.05, 3.63) is 284 Å². The first-order valence-electron chi connectivity index (χ1n) is 37.8. The lowest BCUT2D eigenvalue weighted by atomic mass is 9.78. The monoisotopic (exact) mass is 1440 g/mol. The Morgan fingerprint density at radius 2 is 0.633 bits per heavy atom. The minimum atomic E-state index is -0.393. The Morgan fingerprint density at radius 3 is 1.19 bits per heavy atom. The third-order valence-electron chi connectivity index (χ3n) is 23.8. The van der Waals surface area contributed by atoms with Crippen molar-refractivity contribution < 1.29 is 27.9 Å². The number of benzene rings is 12. The zero-order chi connectivity index (χ0) is 75.6. The number of hydrogen-bond donors (Lipinski definition) is 0. The summed E-state index contributed by atoms with van der Waals surface area (Å²) in [4.78, 5) is 20.3. The van der Waals surface area contributed by atoms with Crippen LogP contribution < -0.4 is 16.4 Å².